The maximum Gasteiger partial charge on any atom is 0.0617 e. The van der Waals surface area contributed by atoms with E-state index in [0.29, 0.717) is 17.4 Å². The molecular weight excluding hydrogens is 234 g/mol. The van der Waals surface area contributed by atoms with Gasteiger partial charge in [-0.1, -0.05) is 6.07 Å². The molecule has 0 radical (unpaired) electrons. The molecule has 94 valence electrons. The summed E-state index contributed by atoms with van der Waals surface area (Å²) < 4.78 is 17.5. The average molecular weight is 253 g/mol. The zero-order valence-corrected chi connectivity index (χ0v) is 11.0. The van der Waals surface area contributed by atoms with Gasteiger partial charge in [0, 0.05) is 24.7 Å². The molecule has 1 aromatic rings. The number of hydrogen-bond acceptors (Lipinski definition) is 3. The molecule has 1 aliphatic heterocycles. The summed E-state index contributed by atoms with van der Waals surface area (Å²) in [5.41, 5.74) is 7.66. The monoisotopic (exact) mass is 253 g/mol. The van der Waals surface area contributed by atoms with E-state index in [1.807, 2.05) is 25.1 Å². The van der Waals surface area contributed by atoms with Gasteiger partial charge < -0.3 is 10.5 Å². The number of ether oxygens (including phenoxy) is 1. The summed E-state index contributed by atoms with van der Waals surface area (Å²) in [6.45, 7) is 3.58. The molecule has 2 N–H and O–H groups in total. The molecule has 2 rings (SSSR count). The first-order chi connectivity index (χ1) is 8.16. The van der Waals surface area contributed by atoms with Gasteiger partial charge in [-0.2, -0.15) is 0 Å². The second kappa shape index (κ2) is 5.65. The molecule has 1 aliphatic rings. The highest BCUT2D eigenvalue weighted by molar-refractivity contribution is 7.85. The molecule has 0 spiro atoms. The maximum atomic E-state index is 12.2. The van der Waals surface area contributed by atoms with Crippen molar-refractivity contribution in [2.75, 3.05) is 24.7 Å². The lowest BCUT2D eigenvalue weighted by Gasteiger charge is -2.21. The number of benzene rings is 1. The van der Waals surface area contributed by atoms with E-state index >= 15 is 0 Å². The topological polar surface area (TPSA) is 52.3 Å². The molecule has 1 aromatic carbocycles. The summed E-state index contributed by atoms with van der Waals surface area (Å²) in [7, 11) is -0.981. The van der Waals surface area contributed by atoms with Gasteiger partial charge in [0.05, 0.1) is 15.7 Å². The van der Waals surface area contributed by atoms with Crippen molar-refractivity contribution < 1.29 is 8.95 Å². The van der Waals surface area contributed by atoms with Crippen molar-refractivity contribution in [3.63, 3.8) is 0 Å². The third-order valence-corrected chi connectivity index (χ3v) is 4.78. The number of anilines is 1. The van der Waals surface area contributed by atoms with Crippen molar-refractivity contribution in [3.05, 3.63) is 23.8 Å². The van der Waals surface area contributed by atoms with Crippen molar-refractivity contribution in [3.8, 4) is 0 Å². The van der Waals surface area contributed by atoms with Crippen LogP contribution < -0.4 is 5.73 Å². The zero-order chi connectivity index (χ0) is 12.3. The summed E-state index contributed by atoms with van der Waals surface area (Å²) in [5.74, 6) is 1.21. The van der Waals surface area contributed by atoms with Gasteiger partial charge in [-0.3, -0.25) is 4.21 Å². The fourth-order valence-corrected chi connectivity index (χ4v) is 3.57. The van der Waals surface area contributed by atoms with E-state index in [1.54, 1.807) is 0 Å². The summed E-state index contributed by atoms with van der Waals surface area (Å²) in [5, 5.41) is 0. The van der Waals surface area contributed by atoms with Crippen LogP contribution in [0.3, 0.4) is 0 Å². The first kappa shape index (κ1) is 12.6. The van der Waals surface area contributed by atoms with Gasteiger partial charge >= 0.3 is 0 Å². The Morgan fingerprint density at radius 1 is 1.41 bits per heavy atom. The zero-order valence-electron chi connectivity index (χ0n) is 10.1. The first-order valence-electron chi connectivity index (χ1n) is 5.99. The molecule has 4 heteroatoms. The molecule has 0 amide bonds. The molecule has 1 heterocycles. The second-order valence-electron chi connectivity index (χ2n) is 4.61. The number of nitrogens with two attached hydrogens (primary N) is 1. The van der Waals surface area contributed by atoms with Crippen molar-refractivity contribution >= 4 is 16.5 Å². The van der Waals surface area contributed by atoms with Gasteiger partial charge in [-0.25, -0.2) is 0 Å². The lowest BCUT2D eigenvalue weighted by molar-refractivity contribution is 0.0725. The molecule has 0 aromatic heterocycles. The van der Waals surface area contributed by atoms with Crippen LogP contribution in [0.15, 0.2) is 23.1 Å². The number of aryl methyl sites for hydroxylation is 1. The molecule has 1 fully saturated rings. The summed E-state index contributed by atoms with van der Waals surface area (Å²) in [6, 6.07) is 5.74. The highest BCUT2D eigenvalue weighted by Gasteiger charge is 2.18. The van der Waals surface area contributed by atoms with E-state index in [9.17, 15) is 4.21 Å². The van der Waals surface area contributed by atoms with E-state index in [-0.39, 0.29) is 0 Å². The minimum atomic E-state index is -0.981. The minimum absolute atomic E-state index is 0.505. The Hall–Kier alpha value is -0.870. The third-order valence-electron chi connectivity index (χ3n) is 3.14. The molecule has 1 saturated heterocycles. The van der Waals surface area contributed by atoms with E-state index in [1.165, 1.54) is 0 Å². The Labute approximate surface area is 105 Å². The van der Waals surface area contributed by atoms with E-state index in [2.05, 4.69) is 0 Å². The fraction of sp³-hybridized carbons (Fsp3) is 0.538. The Kier molecular flexibility index (Phi) is 4.18. The second-order valence-corrected chi connectivity index (χ2v) is 6.07. The van der Waals surface area contributed by atoms with Crippen LogP contribution in [0.25, 0.3) is 0 Å². The van der Waals surface area contributed by atoms with Crippen LogP contribution in [0.1, 0.15) is 18.4 Å². The smallest absolute Gasteiger partial charge is 0.0617 e. The quantitative estimate of drug-likeness (QED) is 0.839. The number of hydrogen-bond donors (Lipinski definition) is 1. The Morgan fingerprint density at radius 3 is 2.76 bits per heavy atom. The van der Waals surface area contributed by atoms with Gasteiger partial charge in [-0.05, 0) is 43.4 Å². The van der Waals surface area contributed by atoms with Crippen molar-refractivity contribution in [1.82, 2.24) is 0 Å². The van der Waals surface area contributed by atoms with E-state index in [4.69, 9.17) is 10.5 Å². The summed E-state index contributed by atoms with van der Waals surface area (Å²) in [6.07, 6.45) is 2.02. The predicted molar refractivity (Wildman–Crippen MR) is 70.4 cm³/mol. The number of nitrogen functional groups attached to an aromatic ring is 1. The van der Waals surface area contributed by atoms with Gasteiger partial charge in [0.2, 0.25) is 0 Å². The third kappa shape index (κ3) is 3.30. The van der Waals surface area contributed by atoms with Crippen LogP contribution in [0.4, 0.5) is 5.69 Å². The lowest BCUT2D eigenvalue weighted by atomic mass is 10.0. The molecule has 0 bridgehead atoms. The van der Waals surface area contributed by atoms with Gasteiger partial charge in [0.25, 0.3) is 0 Å². The standard InChI is InChI=1S/C13H19NO2S/c1-10-2-3-13(12(14)8-10)17(15)9-11-4-6-16-7-5-11/h2-3,8,11H,4-7,9,14H2,1H3. The van der Waals surface area contributed by atoms with Crippen LogP contribution in [-0.2, 0) is 15.5 Å². The highest BCUT2D eigenvalue weighted by atomic mass is 32.2. The van der Waals surface area contributed by atoms with Crippen LogP contribution >= 0.6 is 0 Å². The normalized spacial score (nSPS) is 19.1. The summed E-state index contributed by atoms with van der Waals surface area (Å²) in [4.78, 5) is 0.780. The molecule has 0 saturated carbocycles. The summed E-state index contributed by atoms with van der Waals surface area (Å²) >= 11 is 0. The molecule has 3 nitrogen and oxygen atoms in total. The SMILES string of the molecule is Cc1ccc(S(=O)CC2CCOCC2)c(N)c1. The predicted octanol–water partition coefficient (Wildman–Crippen LogP) is 2.11. The van der Waals surface area contributed by atoms with Crippen molar-refractivity contribution in [2.45, 2.75) is 24.7 Å². The molecule has 1 atom stereocenters. The Balaban J connectivity index is 2.03. The van der Waals surface area contributed by atoms with E-state index < -0.39 is 10.8 Å². The van der Waals surface area contributed by atoms with Crippen LogP contribution in [0.2, 0.25) is 0 Å². The van der Waals surface area contributed by atoms with Gasteiger partial charge in [-0.15, -0.1) is 0 Å². The maximum absolute atomic E-state index is 12.2. The Morgan fingerprint density at radius 2 is 2.12 bits per heavy atom. The number of rotatable bonds is 3. The Bertz CT molecular complexity index is 414. The van der Waals surface area contributed by atoms with Gasteiger partial charge in [0.1, 0.15) is 0 Å². The van der Waals surface area contributed by atoms with Crippen LogP contribution in [-0.4, -0.2) is 23.2 Å². The van der Waals surface area contributed by atoms with Crippen molar-refractivity contribution in [2.24, 2.45) is 5.92 Å². The highest BCUT2D eigenvalue weighted by Crippen LogP contribution is 2.22. The molecular formula is C13H19NO2S. The van der Waals surface area contributed by atoms with E-state index in [0.717, 1.165) is 36.5 Å². The van der Waals surface area contributed by atoms with Gasteiger partial charge in [0.15, 0.2) is 0 Å². The van der Waals surface area contributed by atoms with Crippen molar-refractivity contribution in [1.29, 1.82) is 0 Å². The largest absolute Gasteiger partial charge is 0.398 e. The molecule has 0 aliphatic carbocycles. The first-order valence-corrected chi connectivity index (χ1v) is 7.31. The minimum Gasteiger partial charge on any atom is -0.398 e. The molecule has 17 heavy (non-hydrogen) atoms. The van der Waals surface area contributed by atoms with Crippen LogP contribution in [0.5, 0.6) is 0 Å². The lowest BCUT2D eigenvalue weighted by Crippen LogP contribution is -2.21. The molecule has 1 unspecified atom stereocenters. The van der Waals surface area contributed by atoms with Crippen LogP contribution in [0, 0.1) is 12.8 Å². The fourth-order valence-electron chi connectivity index (χ4n) is 2.09. The average Bonchev–Trinajstić information content (AvgIpc) is 2.30.